The average molecular weight is 225 g/mol. The van der Waals surface area contributed by atoms with E-state index in [1.54, 1.807) is 0 Å². The minimum absolute atomic E-state index is 0.140. The summed E-state index contributed by atoms with van der Waals surface area (Å²) in [5.74, 6) is -0.102. The lowest BCUT2D eigenvalue weighted by atomic mass is 9.75. The maximum atomic E-state index is 11.9. The Balaban J connectivity index is 2.46. The molecule has 0 aromatic heterocycles. The van der Waals surface area contributed by atoms with E-state index in [2.05, 4.69) is 25.1 Å². The fourth-order valence-electron chi connectivity index (χ4n) is 3.05. The number of primary amides is 1. The van der Waals surface area contributed by atoms with E-state index in [-0.39, 0.29) is 11.8 Å². The summed E-state index contributed by atoms with van der Waals surface area (Å²) in [6.07, 6.45) is 0. The second kappa shape index (κ2) is 3.10. The molecule has 0 unspecified atom stereocenters. The van der Waals surface area contributed by atoms with E-state index in [9.17, 15) is 4.79 Å². The van der Waals surface area contributed by atoms with E-state index >= 15 is 0 Å². The first kappa shape index (κ1) is 10.3. The molecule has 0 fully saturated rings. The summed E-state index contributed by atoms with van der Waals surface area (Å²) in [4.78, 5) is 11.9. The standard InChI is InChI=1S/C15H15NO/c1-9-11-7-3-5-10-6-4-8-12(13(10)11)15(9,2)14(16)17/h3-9H,1-2H3,(H2,16,17)/t9-,15-/m1/s1. The maximum absolute atomic E-state index is 11.9. The molecule has 2 atom stereocenters. The molecule has 0 saturated heterocycles. The Labute approximate surface area is 100 Å². The van der Waals surface area contributed by atoms with Crippen molar-refractivity contribution in [2.75, 3.05) is 0 Å². The molecule has 2 nitrogen and oxygen atoms in total. The van der Waals surface area contributed by atoms with E-state index in [0.717, 1.165) is 5.56 Å². The van der Waals surface area contributed by atoms with Crippen molar-refractivity contribution < 1.29 is 4.79 Å². The second-order valence-electron chi connectivity index (χ2n) is 5.04. The zero-order valence-electron chi connectivity index (χ0n) is 10.0. The molecule has 0 spiro atoms. The predicted octanol–water partition coefficient (Wildman–Crippen LogP) is 2.70. The summed E-state index contributed by atoms with van der Waals surface area (Å²) in [5.41, 5.74) is 7.37. The third-order valence-electron chi connectivity index (χ3n) is 4.34. The van der Waals surface area contributed by atoms with Crippen LogP contribution in [-0.4, -0.2) is 5.91 Å². The molecule has 17 heavy (non-hydrogen) atoms. The van der Waals surface area contributed by atoms with Gasteiger partial charge in [-0.2, -0.15) is 0 Å². The van der Waals surface area contributed by atoms with Gasteiger partial charge in [0.2, 0.25) is 5.91 Å². The van der Waals surface area contributed by atoms with E-state index in [0.29, 0.717) is 0 Å². The highest BCUT2D eigenvalue weighted by atomic mass is 16.1. The first-order chi connectivity index (χ1) is 8.06. The first-order valence-electron chi connectivity index (χ1n) is 5.89. The van der Waals surface area contributed by atoms with Crippen molar-refractivity contribution in [3.63, 3.8) is 0 Å². The molecule has 2 heteroatoms. The highest BCUT2D eigenvalue weighted by Gasteiger charge is 2.46. The van der Waals surface area contributed by atoms with E-state index in [4.69, 9.17) is 5.73 Å². The van der Waals surface area contributed by atoms with Crippen molar-refractivity contribution >= 4 is 16.7 Å². The van der Waals surface area contributed by atoms with Gasteiger partial charge in [0.25, 0.3) is 0 Å². The lowest BCUT2D eigenvalue weighted by molar-refractivity contribution is -0.123. The van der Waals surface area contributed by atoms with Gasteiger partial charge in [0.05, 0.1) is 5.41 Å². The number of carbonyl (C=O) groups excluding carboxylic acids is 1. The fourth-order valence-corrected chi connectivity index (χ4v) is 3.05. The Morgan fingerprint density at radius 1 is 1.24 bits per heavy atom. The number of hydrogen-bond donors (Lipinski definition) is 1. The lowest BCUT2D eigenvalue weighted by Crippen LogP contribution is -2.40. The quantitative estimate of drug-likeness (QED) is 0.796. The van der Waals surface area contributed by atoms with Crippen LogP contribution in [0, 0.1) is 0 Å². The Morgan fingerprint density at radius 2 is 1.88 bits per heavy atom. The van der Waals surface area contributed by atoms with Gasteiger partial charge >= 0.3 is 0 Å². The van der Waals surface area contributed by atoms with Crippen LogP contribution >= 0.6 is 0 Å². The Kier molecular flexibility index (Phi) is 1.88. The van der Waals surface area contributed by atoms with E-state index < -0.39 is 5.41 Å². The van der Waals surface area contributed by atoms with Gasteiger partial charge in [-0.25, -0.2) is 0 Å². The Morgan fingerprint density at radius 3 is 2.53 bits per heavy atom. The van der Waals surface area contributed by atoms with Gasteiger partial charge < -0.3 is 5.73 Å². The van der Waals surface area contributed by atoms with Crippen molar-refractivity contribution in [1.29, 1.82) is 0 Å². The maximum Gasteiger partial charge on any atom is 0.228 e. The summed E-state index contributed by atoms with van der Waals surface area (Å²) < 4.78 is 0. The topological polar surface area (TPSA) is 43.1 Å². The fraction of sp³-hybridized carbons (Fsp3) is 0.267. The highest BCUT2D eigenvalue weighted by molar-refractivity contribution is 6.01. The van der Waals surface area contributed by atoms with Gasteiger partial charge in [0.1, 0.15) is 0 Å². The zero-order valence-corrected chi connectivity index (χ0v) is 10.0. The van der Waals surface area contributed by atoms with Crippen LogP contribution in [0.3, 0.4) is 0 Å². The Hall–Kier alpha value is -1.83. The molecule has 2 aromatic rings. The summed E-state index contributed by atoms with van der Waals surface area (Å²) in [6.45, 7) is 4.04. The average Bonchev–Trinajstić information content (AvgIpc) is 2.56. The molecular weight excluding hydrogens is 210 g/mol. The third kappa shape index (κ3) is 1.08. The van der Waals surface area contributed by atoms with Crippen molar-refractivity contribution in [3.8, 4) is 0 Å². The predicted molar refractivity (Wildman–Crippen MR) is 68.9 cm³/mol. The van der Waals surface area contributed by atoms with Crippen LogP contribution in [0.2, 0.25) is 0 Å². The third-order valence-corrected chi connectivity index (χ3v) is 4.34. The van der Waals surface area contributed by atoms with Crippen LogP contribution in [-0.2, 0) is 10.2 Å². The molecule has 2 N–H and O–H groups in total. The Bertz CT molecular complexity index is 627. The molecule has 0 saturated carbocycles. The largest absolute Gasteiger partial charge is 0.369 e. The van der Waals surface area contributed by atoms with Gasteiger partial charge in [-0.05, 0) is 34.7 Å². The van der Waals surface area contributed by atoms with Crippen LogP contribution in [0.4, 0.5) is 0 Å². The van der Waals surface area contributed by atoms with Crippen molar-refractivity contribution in [1.82, 2.24) is 0 Å². The van der Waals surface area contributed by atoms with Gasteiger partial charge in [-0.1, -0.05) is 43.3 Å². The van der Waals surface area contributed by atoms with Crippen LogP contribution < -0.4 is 5.73 Å². The number of hydrogen-bond acceptors (Lipinski definition) is 1. The summed E-state index contributed by atoms with van der Waals surface area (Å²) in [7, 11) is 0. The number of carbonyl (C=O) groups is 1. The molecule has 1 aliphatic carbocycles. The number of amides is 1. The monoisotopic (exact) mass is 225 g/mol. The molecule has 1 amide bonds. The van der Waals surface area contributed by atoms with E-state index in [1.165, 1.54) is 16.3 Å². The molecule has 0 aliphatic heterocycles. The van der Waals surface area contributed by atoms with Gasteiger partial charge in [0, 0.05) is 0 Å². The van der Waals surface area contributed by atoms with Crippen LogP contribution in [0.5, 0.6) is 0 Å². The van der Waals surface area contributed by atoms with Crippen LogP contribution in [0.1, 0.15) is 30.9 Å². The molecule has 2 aromatic carbocycles. The minimum atomic E-state index is -0.580. The summed E-state index contributed by atoms with van der Waals surface area (Å²) in [5, 5.41) is 2.40. The lowest BCUT2D eigenvalue weighted by Gasteiger charge is -2.27. The molecule has 1 aliphatic rings. The molecule has 0 radical (unpaired) electrons. The SMILES string of the molecule is C[C@@H]1c2cccc3cccc(c23)[C@]1(C)C(N)=O. The smallest absolute Gasteiger partial charge is 0.228 e. The second-order valence-corrected chi connectivity index (χ2v) is 5.04. The van der Waals surface area contributed by atoms with Crippen LogP contribution in [0.25, 0.3) is 10.8 Å². The number of rotatable bonds is 1. The number of benzene rings is 2. The molecule has 86 valence electrons. The normalized spacial score (nSPS) is 26.4. The summed E-state index contributed by atoms with van der Waals surface area (Å²) >= 11 is 0. The number of nitrogens with two attached hydrogens (primary N) is 1. The van der Waals surface area contributed by atoms with Gasteiger partial charge in [0.15, 0.2) is 0 Å². The zero-order chi connectivity index (χ0) is 12.2. The van der Waals surface area contributed by atoms with Crippen LogP contribution in [0.15, 0.2) is 36.4 Å². The van der Waals surface area contributed by atoms with Gasteiger partial charge in [-0.3, -0.25) is 4.79 Å². The van der Waals surface area contributed by atoms with E-state index in [1.807, 2.05) is 25.1 Å². The van der Waals surface area contributed by atoms with Gasteiger partial charge in [-0.15, -0.1) is 0 Å². The van der Waals surface area contributed by atoms with Crippen molar-refractivity contribution in [2.45, 2.75) is 25.2 Å². The van der Waals surface area contributed by atoms with Crippen molar-refractivity contribution in [2.24, 2.45) is 5.73 Å². The van der Waals surface area contributed by atoms with Crippen molar-refractivity contribution in [3.05, 3.63) is 47.5 Å². The molecule has 0 bridgehead atoms. The molecule has 3 rings (SSSR count). The summed E-state index contributed by atoms with van der Waals surface area (Å²) in [6, 6.07) is 12.3. The molecule has 0 heterocycles. The molecular formula is C15H15NO. The first-order valence-corrected chi connectivity index (χ1v) is 5.89. The minimum Gasteiger partial charge on any atom is -0.369 e. The highest BCUT2D eigenvalue weighted by Crippen LogP contribution is 2.50.